The first-order valence-corrected chi connectivity index (χ1v) is 7.84. The molecule has 2 rings (SSSR count). The van der Waals surface area contributed by atoms with Crippen molar-refractivity contribution in [3.63, 3.8) is 0 Å². The third kappa shape index (κ3) is 4.55. The van der Waals surface area contributed by atoms with Gasteiger partial charge < -0.3 is 15.0 Å². The van der Waals surface area contributed by atoms with Crippen LogP contribution in [0.3, 0.4) is 0 Å². The molecule has 0 saturated heterocycles. The first kappa shape index (κ1) is 17.5. The molecule has 126 valence electrons. The van der Waals surface area contributed by atoms with Crippen LogP contribution in [0.25, 0.3) is 0 Å². The van der Waals surface area contributed by atoms with E-state index in [0.717, 1.165) is 18.9 Å². The maximum absolute atomic E-state index is 12.2. The van der Waals surface area contributed by atoms with Gasteiger partial charge in [0.2, 0.25) is 5.91 Å². The van der Waals surface area contributed by atoms with Crippen molar-refractivity contribution in [3.05, 3.63) is 48.2 Å². The summed E-state index contributed by atoms with van der Waals surface area (Å²) in [6.45, 7) is 7.25. The molecule has 0 aliphatic rings. The van der Waals surface area contributed by atoms with Crippen LogP contribution in [0.5, 0.6) is 5.75 Å². The van der Waals surface area contributed by atoms with E-state index in [2.05, 4.69) is 29.0 Å². The molecule has 0 spiro atoms. The van der Waals surface area contributed by atoms with E-state index in [4.69, 9.17) is 4.74 Å². The van der Waals surface area contributed by atoms with Gasteiger partial charge in [-0.2, -0.15) is 0 Å². The molecule has 1 N–H and O–H groups in total. The van der Waals surface area contributed by atoms with Crippen LogP contribution in [-0.4, -0.2) is 29.9 Å². The van der Waals surface area contributed by atoms with Gasteiger partial charge in [-0.15, -0.1) is 0 Å². The number of rotatable bonds is 6. The smallest absolute Gasteiger partial charge is 0.345 e. The highest BCUT2D eigenvalue weighted by molar-refractivity contribution is 5.91. The van der Waals surface area contributed by atoms with Gasteiger partial charge >= 0.3 is 5.97 Å². The molecule has 6 heteroatoms. The molecule has 1 amide bonds. The van der Waals surface area contributed by atoms with Gasteiger partial charge in [-0.1, -0.05) is 0 Å². The Hall–Kier alpha value is -2.89. The minimum atomic E-state index is -0.471. The largest absolute Gasteiger partial charge is 0.423 e. The molecular weight excluding hydrogens is 306 g/mol. The number of carbonyl (C=O) groups is 2. The van der Waals surface area contributed by atoms with E-state index in [-0.39, 0.29) is 5.91 Å². The van der Waals surface area contributed by atoms with Crippen molar-refractivity contribution >= 4 is 23.4 Å². The molecule has 1 aromatic carbocycles. The van der Waals surface area contributed by atoms with Gasteiger partial charge in [-0.05, 0) is 50.2 Å². The van der Waals surface area contributed by atoms with Gasteiger partial charge in [0.15, 0.2) is 0 Å². The van der Waals surface area contributed by atoms with Gasteiger partial charge in [-0.3, -0.25) is 4.79 Å². The zero-order valence-electron chi connectivity index (χ0n) is 14.1. The number of anilines is 2. The zero-order chi connectivity index (χ0) is 17.5. The normalized spacial score (nSPS) is 10.1. The molecule has 0 bridgehead atoms. The number of benzene rings is 1. The molecule has 0 radical (unpaired) electrons. The quantitative estimate of drug-likeness (QED) is 0.652. The Labute approximate surface area is 141 Å². The molecule has 0 saturated carbocycles. The van der Waals surface area contributed by atoms with E-state index in [1.807, 2.05) is 6.07 Å². The minimum Gasteiger partial charge on any atom is -0.423 e. The van der Waals surface area contributed by atoms with Crippen molar-refractivity contribution in [2.24, 2.45) is 0 Å². The van der Waals surface area contributed by atoms with Gasteiger partial charge in [0.1, 0.15) is 11.6 Å². The maximum Gasteiger partial charge on any atom is 0.345 e. The highest BCUT2D eigenvalue weighted by Crippen LogP contribution is 2.18. The molecule has 2 aromatic rings. The molecule has 0 unspecified atom stereocenters. The van der Waals surface area contributed by atoms with Crippen LogP contribution in [0.2, 0.25) is 0 Å². The number of hydrogen-bond donors (Lipinski definition) is 1. The van der Waals surface area contributed by atoms with Gasteiger partial charge in [0.05, 0.1) is 5.56 Å². The fraction of sp³-hybridized carbons (Fsp3) is 0.278. The molecule has 1 heterocycles. The fourth-order valence-electron chi connectivity index (χ4n) is 2.22. The van der Waals surface area contributed by atoms with Crippen LogP contribution in [0, 0.1) is 0 Å². The first-order chi connectivity index (χ1) is 11.5. The van der Waals surface area contributed by atoms with Crippen LogP contribution < -0.4 is 15.0 Å². The number of nitrogens with zero attached hydrogens (tertiary/aromatic N) is 2. The van der Waals surface area contributed by atoms with Gasteiger partial charge in [0.25, 0.3) is 0 Å². The SMILES string of the molecule is CCN(CC)c1ccc(C(=O)Oc2ccc(NC(C)=O)cc2)cn1. The van der Waals surface area contributed by atoms with Crippen LogP contribution in [0.1, 0.15) is 31.1 Å². The van der Waals surface area contributed by atoms with Crippen LogP contribution in [-0.2, 0) is 4.79 Å². The van der Waals surface area contributed by atoms with Crippen molar-refractivity contribution in [1.82, 2.24) is 4.98 Å². The first-order valence-electron chi connectivity index (χ1n) is 7.84. The number of hydrogen-bond acceptors (Lipinski definition) is 5. The number of nitrogens with one attached hydrogen (secondary N) is 1. The van der Waals surface area contributed by atoms with E-state index in [1.54, 1.807) is 30.3 Å². The highest BCUT2D eigenvalue weighted by atomic mass is 16.5. The molecule has 0 fully saturated rings. The Morgan fingerprint density at radius 1 is 1.08 bits per heavy atom. The summed E-state index contributed by atoms with van der Waals surface area (Å²) < 4.78 is 5.31. The number of amides is 1. The average molecular weight is 327 g/mol. The van der Waals surface area contributed by atoms with Crippen LogP contribution in [0.15, 0.2) is 42.6 Å². The zero-order valence-corrected chi connectivity index (χ0v) is 14.1. The highest BCUT2D eigenvalue weighted by Gasteiger charge is 2.11. The predicted molar refractivity (Wildman–Crippen MR) is 93.5 cm³/mol. The molecular formula is C18H21N3O3. The van der Waals surface area contributed by atoms with Crippen molar-refractivity contribution in [2.45, 2.75) is 20.8 Å². The standard InChI is InChI=1S/C18H21N3O3/c1-4-21(5-2)17-11-6-14(12-19-17)18(23)24-16-9-7-15(8-10-16)20-13(3)22/h6-12H,4-5H2,1-3H3,(H,20,22). The van der Waals surface area contributed by atoms with Gasteiger partial charge in [0, 0.05) is 31.9 Å². The second-order valence-corrected chi connectivity index (χ2v) is 5.17. The minimum absolute atomic E-state index is 0.154. The number of ether oxygens (including phenoxy) is 1. The second-order valence-electron chi connectivity index (χ2n) is 5.17. The molecule has 6 nitrogen and oxygen atoms in total. The van der Waals surface area contributed by atoms with E-state index in [0.29, 0.717) is 17.0 Å². The summed E-state index contributed by atoms with van der Waals surface area (Å²) in [4.78, 5) is 29.5. The van der Waals surface area contributed by atoms with E-state index < -0.39 is 5.97 Å². The number of esters is 1. The fourth-order valence-corrected chi connectivity index (χ4v) is 2.22. The van der Waals surface area contributed by atoms with Crippen LogP contribution >= 0.6 is 0 Å². The topological polar surface area (TPSA) is 71.5 Å². The van der Waals surface area contributed by atoms with Crippen LogP contribution in [0.4, 0.5) is 11.5 Å². The molecule has 0 aliphatic heterocycles. The Morgan fingerprint density at radius 2 is 1.75 bits per heavy atom. The summed E-state index contributed by atoms with van der Waals surface area (Å²) in [6.07, 6.45) is 1.52. The van der Waals surface area contributed by atoms with E-state index in [1.165, 1.54) is 13.1 Å². The molecule has 0 aliphatic carbocycles. The Balaban J connectivity index is 2.02. The molecule has 0 atom stereocenters. The van der Waals surface area contributed by atoms with E-state index >= 15 is 0 Å². The lowest BCUT2D eigenvalue weighted by molar-refractivity contribution is -0.114. The lowest BCUT2D eigenvalue weighted by Crippen LogP contribution is -2.23. The van der Waals surface area contributed by atoms with E-state index in [9.17, 15) is 9.59 Å². The summed E-state index contributed by atoms with van der Waals surface area (Å²) >= 11 is 0. The van der Waals surface area contributed by atoms with Crippen molar-refractivity contribution in [3.8, 4) is 5.75 Å². The summed E-state index contributed by atoms with van der Waals surface area (Å²) in [7, 11) is 0. The summed E-state index contributed by atoms with van der Waals surface area (Å²) in [5.74, 6) is 0.609. The summed E-state index contributed by atoms with van der Waals surface area (Å²) in [6, 6.07) is 10.1. The Morgan fingerprint density at radius 3 is 2.25 bits per heavy atom. The summed E-state index contributed by atoms with van der Waals surface area (Å²) in [5.41, 5.74) is 1.03. The second kappa shape index (κ2) is 8.10. The lowest BCUT2D eigenvalue weighted by Gasteiger charge is -2.19. The third-order valence-electron chi connectivity index (χ3n) is 3.46. The third-order valence-corrected chi connectivity index (χ3v) is 3.46. The van der Waals surface area contributed by atoms with Gasteiger partial charge in [-0.25, -0.2) is 9.78 Å². The predicted octanol–water partition coefficient (Wildman–Crippen LogP) is 3.11. The molecule has 24 heavy (non-hydrogen) atoms. The summed E-state index contributed by atoms with van der Waals surface area (Å²) in [5, 5.41) is 2.65. The van der Waals surface area contributed by atoms with Crippen molar-refractivity contribution < 1.29 is 14.3 Å². The number of carbonyl (C=O) groups excluding carboxylic acids is 2. The van der Waals surface area contributed by atoms with Crippen molar-refractivity contribution in [2.75, 3.05) is 23.3 Å². The Bertz CT molecular complexity index is 692. The van der Waals surface area contributed by atoms with Crippen molar-refractivity contribution in [1.29, 1.82) is 0 Å². The lowest BCUT2D eigenvalue weighted by atomic mass is 10.2. The number of aromatic nitrogens is 1. The maximum atomic E-state index is 12.2. The molecule has 1 aromatic heterocycles. The monoisotopic (exact) mass is 327 g/mol. The Kier molecular flexibility index (Phi) is 5.89. The average Bonchev–Trinajstić information content (AvgIpc) is 2.58. The number of pyridine rings is 1.